The summed E-state index contributed by atoms with van der Waals surface area (Å²) in [6, 6.07) is 8.76. The van der Waals surface area contributed by atoms with Crippen LogP contribution in [-0.2, 0) is 6.42 Å². The predicted molar refractivity (Wildman–Crippen MR) is 74.4 cm³/mol. The smallest absolute Gasteiger partial charge is 0.0399 e. The maximum Gasteiger partial charge on any atom is 0.0399 e. The fourth-order valence-corrected chi connectivity index (χ4v) is 2.88. The van der Waals surface area contributed by atoms with Gasteiger partial charge < -0.3 is 10.6 Å². The summed E-state index contributed by atoms with van der Waals surface area (Å²) in [6.07, 6.45) is 3.61. The van der Waals surface area contributed by atoms with Gasteiger partial charge in [0.1, 0.15) is 0 Å². The summed E-state index contributed by atoms with van der Waals surface area (Å²) < 4.78 is 0. The molecule has 1 aliphatic rings. The van der Waals surface area contributed by atoms with Gasteiger partial charge in [-0.15, -0.1) is 0 Å². The van der Waals surface area contributed by atoms with E-state index in [0.717, 1.165) is 19.6 Å². The highest BCUT2D eigenvalue weighted by Crippen LogP contribution is 2.32. The van der Waals surface area contributed by atoms with Gasteiger partial charge in [0.25, 0.3) is 0 Å². The Morgan fingerprint density at radius 2 is 2.12 bits per heavy atom. The molecule has 1 heterocycles. The number of anilines is 1. The van der Waals surface area contributed by atoms with Crippen LogP contribution < -0.4 is 10.6 Å². The van der Waals surface area contributed by atoms with Crippen molar-refractivity contribution in [1.29, 1.82) is 0 Å². The van der Waals surface area contributed by atoms with E-state index >= 15 is 0 Å². The number of fused-ring (bicyclic) bond motifs is 1. The second-order valence-corrected chi connectivity index (χ2v) is 5.57. The Balaban J connectivity index is 2.10. The highest BCUT2D eigenvalue weighted by Gasteiger charge is 2.28. The Hall–Kier alpha value is -1.02. The summed E-state index contributed by atoms with van der Waals surface area (Å²) in [7, 11) is 0. The molecule has 0 amide bonds. The summed E-state index contributed by atoms with van der Waals surface area (Å²) in [5.74, 6) is 0. The molecule has 0 spiro atoms. The lowest BCUT2D eigenvalue weighted by atomic mass is 9.85. The summed E-state index contributed by atoms with van der Waals surface area (Å²) in [5, 5.41) is 0. The molecule has 0 radical (unpaired) electrons. The number of hydrogen-bond donors (Lipinski definition) is 1. The Kier molecular flexibility index (Phi) is 3.72. The molecule has 0 aromatic heterocycles. The van der Waals surface area contributed by atoms with Crippen molar-refractivity contribution >= 4 is 5.69 Å². The van der Waals surface area contributed by atoms with Crippen LogP contribution in [0.15, 0.2) is 24.3 Å². The Bertz CT molecular complexity index is 375. The van der Waals surface area contributed by atoms with Crippen LogP contribution in [0.2, 0.25) is 0 Å². The molecule has 0 bridgehead atoms. The summed E-state index contributed by atoms with van der Waals surface area (Å²) in [4.78, 5) is 2.51. The molecule has 1 atom stereocenters. The van der Waals surface area contributed by atoms with Gasteiger partial charge in [-0.25, -0.2) is 0 Å². The largest absolute Gasteiger partial charge is 0.370 e. The van der Waals surface area contributed by atoms with E-state index in [4.69, 9.17) is 5.73 Å². The number of rotatable bonds is 5. The molecular weight excluding hydrogens is 208 g/mol. The third-order valence-electron chi connectivity index (χ3n) is 3.90. The zero-order chi connectivity index (χ0) is 12.3. The molecule has 1 aromatic rings. The van der Waals surface area contributed by atoms with E-state index in [0.29, 0.717) is 0 Å². The van der Waals surface area contributed by atoms with Gasteiger partial charge in [-0.05, 0) is 36.4 Å². The van der Waals surface area contributed by atoms with Crippen LogP contribution in [-0.4, -0.2) is 19.6 Å². The average Bonchev–Trinajstić information content (AvgIpc) is 2.73. The van der Waals surface area contributed by atoms with E-state index in [9.17, 15) is 0 Å². The van der Waals surface area contributed by atoms with Crippen LogP contribution >= 0.6 is 0 Å². The van der Waals surface area contributed by atoms with Crippen LogP contribution in [0, 0.1) is 5.41 Å². The molecule has 2 nitrogen and oxygen atoms in total. The molecule has 0 saturated carbocycles. The first-order valence-corrected chi connectivity index (χ1v) is 6.71. The van der Waals surface area contributed by atoms with Crippen molar-refractivity contribution in [2.45, 2.75) is 33.1 Å². The van der Waals surface area contributed by atoms with Crippen LogP contribution in [0.25, 0.3) is 0 Å². The molecule has 2 N–H and O–H groups in total. The zero-order valence-electron chi connectivity index (χ0n) is 11.1. The lowest BCUT2D eigenvalue weighted by molar-refractivity contribution is 0.309. The Labute approximate surface area is 105 Å². The first-order chi connectivity index (χ1) is 8.18. The minimum absolute atomic E-state index is 0.256. The standard InChI is InChI=1S/C15H24N2/c1-3-9-15(2,11-16)12-17-10-8-13-6-4-5-7-14(13)17/h4-7H,3,8-12,16H2,1-2H3. The second-order valence-electron chi connectivity index (χ2n) is 5.57. The molecule has 0 fully saturated rings. The third kappa shape index (κ3) is 2.63. The summed E-state index contributed by atoms with van der Waals surface area (Å²) in [6.45, 7) is 7.58. The minimum atomic E-state index is 0.256. The lowest BCUT2D eigenvalue weighted by Crippen LogP contribution is -2.40. The predicted octanol–water partition coefficient (Wildman–Crippen LogP) is 2.81. The van der Waals surface area contributed by atoms with Gasteiger partial charge in [-0.2, -0.15) is 0 Å². The number of nitrogens with zero attached hydrogens (tertiary/aromatic N) is 1. The van der Waals surface area contributed by atoms with Crippen molar-refractivity contribution in [3.8, 4) is 0 Å². The molecule has 2 rings (SSSR count). The minimum Gasteiger partial charge on any atom is -0.370 e. The van der Waals surface area contributed by atoms with Crippen molar-refractivity contribution in [3.63, 3.8) is 0 Å². The van der Waals surface area contributed by atoms with Gasteiger partial charge in [0, 0.05) is 18.8 Å². The van der Waals surface area contributed by atoms with E-state index in [-0.39, 0.29) is 5.41 Å². The van der Waals surface area contributed by atoms with Gasteiger partial charge in [-0.3, -0.25) is 0 Å². The van der Waals surface area contributed by atoms with Crippen molar-refractivity contribution in [2.75, 3.05) is 24.5 Å². The van der Waals surface area contributed by atoms with Crippen molar-refractivity contribution in [2.24, 2.45) is 11.1 Å². The molecule has 0 saturated heterocycles. The van der Waals surface area contributed by atoms with Crippen LogP contribution in [0.4, 0.5) is 5.69 Å². The van der Waals surface area contributed by atoms with Gasteiger partial charge in [0.2, 0.25) is 0 Å². The molecule has 1 unspecified atom stereocenters. The highest BCUT2D eigenvalue weighted by molar-refractivity contribution is 5.57. The molecular formula is C15H24N2. The van der Waals surface area contributed by atoms with E-state index in [1.165, 1.54) is 30.5 Å². The first-order valence-electron chi connectivity index (χ1n) is 6.71. The molecule has 0 aliphatic carbocycles. The maximum absolute atomic E-state index is 5.96. The molecule has 1 aliphatic heterocycles. The normalized spacial score (nSPS) is 17.9. The third-order valence-corrected chi connectivity index (χ3v) is 3.90. The zero-order valence-corrected chi connectivity index (χ0v) is 11.1. The second kappa shape index (κ2) is 5.09. The fourth-order valence-electron chi connectivity index (χ4n) is 2.88. The SMILES string of the molecule is CCCC(C)(CN)CN1CCc2ccccc21. The van der Waals surface area contributed by atoms with Gasteiger partial charge in [-0.1, -0.05) is 38.5 Å². The average molecular weight is 232 g/mol. The van der Waals surface area contributed by atoms with Gasteiger partial charge in [0.05, 0.1) is 0 Å². The van der Waals surface area contributed by atoms with Crippen LogP contribution in [0.3, 0.4) is 0 Å². The monoisotopic (exact) mass is 232 g/mol. The van der Waals surface area contributed by atoms with Crippen LogP contribution in [0.1, 0.15) is 32.3 Å². The van der Waals surface area contributed by atoms with Gasteiger partial charge >= 0.3 is 0 Å². The fraction of sp³-hybridized carbons (Fsp3) is 0.600. The Morgan fingerprint density at radius 1 is 1.35 bits per heavy atom. The molecule has 1 aromatic carbocycles. The quantitative estimate of drug-likeness (QED) is 0.846. The maximum atomic E-state index is 5.96. The van der Waals surface area contributed by atoms with E-state index < -0.39 is 0 Å². The molecule has 2 heteroatoms. The van der Waals surface area contributed by atoms with Crippen molar-refractivity contribution in [1.82, 2.24) is 0 Å². The summed E-state index contributed by atoms with van der Waals surface area (Å²) >= 11 is 0. The molecule has 17 heavy (non-hydrogen) atoms. The topological polar surface area (TPSA) is 29.3 Å². The first kappa shape index (κ1) is 12.4. The summed E-state index contributed by atoms with van der Waals surface area (Å²) in [5.41, 5.74) is 9.13. The number of benzene rings is 1. The highest BCUT2D eigenvalue weighted by atomic mass is 15.2. The van der Waals surface area contributed by atoms with Crippen molar-refractivity contribution < 1.29 is 0 Å². The van der Waals surface area contributed by atoms with E-state index in [1.807, 2.05) is 0 Å². The lowest BCUT2D eigenvalue weighted by Gasteiger charge is -2.34. The van der Waals surface area contributed by atoms with Crippen molar-refractivity contribution in [3.05, 3.63) is 29.8 Å². The number of nitrogens with two attached hydrogens (primary N) is 1. The van der Waals surface area contributed by atoms with E-state index in [1.54, 1.807) is 0 Å². The molecule has 94 valence electrons. The van der Waals surface area contributed by atoms with Gasteiger partial charge in [0.15, 0.2) is 0 Å². The number of hydrogen-bond acceptors (Lipinski definition) is 2. The van der Waals surface area contributed by atoms with E-state index in [2.05, 4.69) is 43.0 Å². The number of para-hydroxylation sites is 1. The Morgan fingerprint density at radius 3 is 2.82 bits per heavy atom. The van der Waals surface area contributed by atoms with Crippen LogP contribution in [0.5, 0.6) is 0 Å².